The number of nitrogens with zero attached hydrogens (tertiary/aromatic N) is 5. The van der Waals surface area contributed by atoms with E-state index in [2.05, 4.69) is 46.6 Å². The van der Waals surface area contributed by atoms with Crippen LogP contribution in [0.5, 0.6) is 0 Å². The van der Waals surface area contributed by atoms with Gasteiger partial charge in [-0.3, -0.25) is 4.68 Å². The largest absolute Gasteiger partial charge is 0.511 e. The predicted octanol–water partition coefficient (Wildman–Crippen LogP) is 7.24. The van der Waals surface area contributed by atoms with E-state index in [1.54, 1.807) is 11.6 Å². The van der Waals surface area contributed by atoms with E-state index in [4.69, 9.17) is 34.0 Å². The highest BCUT2D eigenvalue weighted by Gasteiger charge is 2.17. The van der Waals surface area contributed by atoms with Crippen molar-refractivity contribution in [3.05, 3.63) is 109 Å². The van der Waals surface area contributed by atoms with Crippen LogP contribution in [0.1, 0.15) is 43.6 Å². The van der Waals surface area contributed by atoms with Crippen LogP contribution >= 0.6 is 31.9 Å². The molecule has 3 rings (SSSR count). The van der Waals surface area contributed by atoms with Gasteiger partial charge in [0.25, 0.3) is 11.4 Å². The highest BCUT2D eigenvalue weighted by molar-refractivity contribution is 9.10. The van der Waals surface area contributed by atoms with Crippen molar-refractivity contribution >= 4 is 43.4 Å². The molecule has 2 aromatic carbocycles. The fourth-order valence-electron chi connectivity index (χ4n) is 3.20. The zero-order chi connectivity index (χ0) is 28.7. The second kappa shape index (κ2) is 17.0. The van der Waals surface area contributed by atoms with Crippen molar-refractivity contribution in [3.63, 3.8) is 0 Å². The van der Waals surface area contributed by atoms with Crippen LogP contribution in [0.3, 0.4) is 0 Å². The molecule has 8 nitrogen and oxygen atoms in total. The van der Waals surface area contributed by atoms with Gasteiger partial charge in [0, 0.05) is 34.4 Å². The molecule has 38 heavy (non-hydrogen) atoms. The number of anilines is 1. The average molecular weight is 642 g/mol. The van der Waals surface area contributed by atoms with Gasteiger partial charge in [-0.2, -0.15) is 5.10 Å². The van der Waals surface area contributed by atoms with E-state index in [0.717, 1.165) is 25.8 Å². The maximum Gasteiger partial charge on any atom is 0.298 e. The van der Waals surface area contributed by atoms with Gasteiger partial charge in [0.15, 0.2) is 0 Å². The van der Waals surface area contributed by atoms with Gasteiger partial charge in [0.05, 0.1) is 32.0 Å². The third-order valence-electron chi connectivity index (χ3n) is 4.83. The quantitative estimate of drug-likeness (QED) is 0.168. The summed E-state index contributed by atoms with van der Waals surface area (Å²) in [4.78, 5) is 6.65. The molecule has 1 aromatic heterocycles. The molecule has 0 spiro atoms. The smallest absolute Gasteiger partial charge is 0.298 e. The Morgan fingerprint density at radius 3 is 2.16 bits per heavy atom. The van der Waals surface area contributed by atoms with E-state index >= 15 is 0 Å². The van der Waals surface area contributed by atoms with E-state index in [-0.39, 0.29) is 18.3 Å². The van der Waals surface area contributed by atoms with Gasteiger partial charge in [-0.25, -0.2) is 15.0 Å². The fourth-order valence-corrected chi connectivity index (χ4v) is 4.09. The van der Waals surface area contributed by atoms with Crippen molar-refractivity contribution in [2.24, 2.45) is 0 Å². The molecule has 0 aliphatic rings. The first-order valence-corrected chi connectivity index (χ1v) is 13.1. The number of nitriles is 1. The van der Waals surface area contributed by atoms with Crippen LogP contribution < -0.4 is 5.73 Å². The Morgan fingerprint density at radius 1 is 1.16 bits per heavy atom. The molecular formula is C28H30Br2N6O2. The maximum atomic E-state index is 8.75. The topological polar surface area (TPSA) is 106 Å². The number of hydrogen-bond donors (Lipinski definition) is 2. The average Bonchev–Trinajstić information content (AvgIpc) is 3.20. The molecule has 0 saturated carbocycles. The first kappa shape index (κ1) is 32.4. The minimum Gasteiger partial charge on any atom is -0.511 e. The molecule has 0 radical (unpaired) electrons. The third-order valence-corrected chi connectivity index (χ3v) is 5.82. The minimum absolute atomic E-state index is 0.00229. The van der Waals surface area contributed by atoms with Crippen molar-refractivity contribution in [1.82, 2.24) is 9.78 Å². The Kier molecular flexibility index (Phi) is 14.5. The van der Waals surface area contributed by atoms with Gasteiger partial charge in [-0.15, -0.1) is 0 Å². The summed E-state index contributed by atoms with van der Waals surface area (Å²) in [5.41, 5.74) is 9.27. The number of nitrogen functional groups attached to an aromatic ring is 1. The molecule has 3 N–H and O–H groups in total. The lowest BCUT2D eigenvalue weighted by Gasteiger charge is -2.07. The number of aliphatic hydroxyl groups excluding tert-OH is 1. The molecule has 1 heterocycles. The first-order chi connectivity index (χ1) is 18.1. The van der Waals surface area contributed by atoms with E-state index < -0.39 is 0 Å². The molecule has 0 saturated heterocycles. The summed E-state index contributed by atoms with van der Waals surface area (Å²) in [6, 6.07) is 17.6. The Labute approximate surface area is 241 Å². The van der Waals surface area contributed by atoms with Crippen LogP contribution in [0.15, 0.2) is 68.9 Å². The standard InChI is InChI=1S/C14H15BrN4.C12H9BrN2O.C2H6O/c1-9(2)19-14(16)13(17-3)12(18-19)8-10-5-4-6-11(15)7-10;1-15-11(8-14)12(16-2)7-9-4-3-5-10(13)6-9;1-2-3/h4-7,9H,8,16H2,1-2H3;3-6H,7H2,2H3;3H,2H2,1H3/b;12-11+;. The van der Waals surface area contributed by atoms with Crippen LogP contribution in [-0.2, 0) is 17.6 Å². The summed E-state index contributed by atoms with van der Waals surface area (Å²) in [6.45, 7) is 20.1. The molecule has 0 atom stereocenters. The van der Waals surface area contributed by atoms with E-state index in [1.165, 1.54) is 7.11 Å². The molecule has 198 valence electrons. The van der Waals surface area contributed by atoms with Crippen LogP contribution in [0.2, 0.25) is 0 Å². The Bertz CT molecular complexity index is 1340. The summed E-state index contributed by atoms with van der Waals surface area (Å²) in [5.74, 6) is 0.852. The third kappa shape index (κ3) is 10.0. The summed E-state index contributed by atoms with van der Waals surface area (Å²) in [6.07, 6.45) is 1.06. The van der Waals surface area contributed by atoms with Crippen molar-refractivity contribution in [1.29, 1.82) is 5.26 Å². The number of aromatic nitrogens is 2. The summed E-state index contributed by atoms with van der Waals surface area (Å²) in [5, 5.41) is 20.8. The second-order valence-electron chi connectivity index (χ2n) is 7.96. The number of allylic oxidation sites excluding steroid dienone is 2. The number of nitrogens with two attached hydrogens (primary N) is 1. The molecule has 0 unspecified atom stereocenters. The maximum absolute atomic E-state index is 8.75. The zero-order valence-corrected chi connectivity index (χ0v) is 24.9. The fraction of sp³-hybridized carbons (Fsp3) is 0.286. The zero-order valence-electron chi connectivity index (χ0n) is 21.7. The van der Waals surface area contributed by atoms with Gasteiger partial charge < -0.3 is 15.6 Å². The number of halogens is 2. The summed E-state index contributed by atoms with van der Waals surface area (Å²) in [7, 11) is 1.47. The number of ether oxygens (including phenoxy) is 1. The number of hydrogen-bond acceptors (Lipinski definition) is 5. The Hall–Kier alpha value is -3.62. The number of aliphatic hydroxyl groups is 1. The van der Waals surface area contributed by atoms with Gasteiger partial charge in [-0.05, 0) is 56.2 Å². The van der Waals surface area contributed by atoms with E-state index in [1.807, 2.05) is 68.4 Å². The van der Waals surface area contributed by atoms with Crippen LogP contribution in [0.25, 0.3) is 9.69 Å². The van der Waals surface area contributed by atoms with Gasteiger partial charge in [0.1, 0.15) is 11.6 Å². The van der Waals surface area contributed by atoms with Gasteiger partial charge >= 0.3 is 0 Å². The monoisotopic (exact) mass is 640 g/mol. The SMILES string of the molecule is CCO.[C-]#[N+]/C(C#N)=C(\Cc1cccc(Br)c1)OC.[C-]#[N+]c1c(Cc2cccc(Br)c2)nn(C(C)C)c1N. The molecule has 0 fully saturated rings. The lowest BCUT2D eigenvalue weighted by atomic mass is 10.1. The van der Waals surface area contributed by atoms with Gasteiger partial charge in [-0.1, -0.05) is 56.1 Å². The molecule has 0 aliphatic carbocycles. The molecule has 0 amide bonds. The van der Waals surface area contributed by atoms with E-state index in [9.17, 15) is 0 Å². The van der Waals surface area contributed by atoms with Crippen LogP contribution in [0.4, 0.5) is 11.5 Å². The van der Waals surface area contributed by atoms with Crippen molar-refractivity contribution in [3.8, 4) is 6.07 Å². The number of methoxy groups -OCH3 is 1. The normalized spacial score (nSPS) is 10.4. The minimum atomic E-state index is 0.00229. The Balaban J connectivity index is 0.000000349. The summed E-state index contributed by atoms with van der Waals surface area (Å²) < 4.78 is 8.75. The first-order valence-electron chi connectivity index (χ1n) is 11.5. The van der Waals surface area contributed by atoms with Crippen LogP contribution in [-0.4, -0.2) is 28.6 Å². The predicted molar refractivity (Wildman–Crippen MR) is 157 cm³/mol. The second-order valence-corrected chi connectivity index (χ2v) is 9.79. The lowest BCUT2D eigenvalue weighted by Crippen LogP contribution is -2.07. The highest BCUT2D eigenvalue weighted by Crippen LogP contribution is 2.31. The van der Waals surface area contributed by atoms with Gasteiger partial charge in [0.2, 0.25) is 0 Å². The number of benzene rings is 2. The molecule has 0 bridgehead atoms. The molecule has 3 aromatic rings. The lowest BCUT2D eigenvalue weighted by molar-refractivity contribution is 0.281. The molecule has 0 aliphatic heterocycles. The number of rotatable bonds is 6. The van der Waals surface area contributed by atoms with Crippen LogP contribution in [0, 0.1) is 24.5 Å². The van der Waals surface area contributed by atoms with Crippen molar-refractivity contribution < 1.29 is 9.84 Å². The molecule has 10 heteroatoms. The van der Waals surface area contributed by atoms with Crippen molar-refractivity contribution in [2.75, 3.05) is 19.5 Å². The summed E-state index contributed by atoms with van der Waals surface area (Å²) >= 11 is 6.81. The van der Waals surface area contributed by atoms with E-state index in [0.29, 0.717) is 30.1 Å². The highest BCUT2D eigenvalue weighted by atomic mass is 79.9. The van der Waals surface area contributed by atoms with Crippen molar-refractivity contribution in [2.45, 2.75) is 39.7 Å². The molecular weight excluding hydrogens is 612 g/mol. The Morgan fingerprint density at radius 2 is 1.71 bits per heavy atom.